The van der Waals surface area contributed by atoms with Gasteiger partial charge in [0.05, 0.1) is 0 Å². The molecule has 0 aromatic heterocycles. The zero-order chi connectivity index (χ0) is 14.0. The zero-order valence-corrected chi connectivity index (χ0v) is 11.9. The molecule has 0 heterocycles. The Morgan fingerprint density at radius 1 is 1.42 bits per heavy atom. The maximum atomic E-state index is 12.6. The maximum Gasteiger partial charge on any atom is 0.236 e. The van der Waals surface area contributed by atoms with Crippen molar-refractivity contribution in [1.82, 2.24) is 4.90 Å². The second-order valence-corrected chi connectivity index (χ2v) is 6.42. The van der Waals surface area contributed by atoms with Crippen LogP contribution in [-0.4, -0.2) is 35.4 Å². The lowest BCUT2D eigenvalue weighted by molar-refractivity contribution is -0.143. The molecule has 1 amide bonds. The molecule has 0 aliphatic heterocycles. The number of nitrogens with two attached hydrogens (primary N) is 1. The summed E-state index contributed by atoms with van der Waals surface area (Å²) in [7, 11) is 1.84. The normalized spacial score (nSPS) is 32.1. The van der Waals surface area contributed by atoms with Crippen molar-refractivity contribution in [3.05, 3.63) is 0 Å². The zero-order valence-electron chi connectivity index (χ0n) is 11.9. The van der Waals surface area contributed by atoms with Gasteiger partial charge in [-0.25, -0.2) is 0 Å². The van der Waals surface area contributed by atoms with E-state index in [1.807, 2.05) is 7.05 Å². The van der Waals surface area contributed by atoms with Gasteiger partial charge in [0.25, 0.3) is 0 Å². The fourth-order valence-electron chi connectivity index (χ4n) is 3.75. The van der Waals surface area contributed by atoms with Crippen molar-refractivity contribution in [2.24, 2.45) is 28.1 Å². The van der Waals surface area contributed by atoms with Crippen LogP contribution in [0, 0.1) is 17.3 Å². The van der Waals surface area contributed by atoms with Gasteiger partial charge in [-0.1, -0.05) is 24.9 Å². The minimum absolute atomic E-state index is 0.0211. The van der Waals surface area contributed by atoms with Crippen molar-refractivity contribution in [2.45, 2.75) is 45.4 Å². The van der Waals surface area contributed by atoms with Gasteiger partial charge in [-0.3, -0.25) is 4.79 Å². The van der Waals surface area contributed by atoms with Crippen LogP contribution in [0.25, 0.3) is 0 Å². The van der Waals surface area contributed by atoms with E-state index in [-0.39, 0.29) is 11.7 Å². The van der Waals surface area contributed by atoms with E-state index in [1.165, 1.54) is 25.7 Å². The first-order chi connectivity index (χ1) is 8.99. The highest BCUT2D eigenvalue weighted by atomic mass is 16.4. The molecule has 19 heavy (non-hydrogen) atoms. The number of amides is 1. The van der Waals surface area contributed by atoms with E-state index in [1.54, 1.807) is 4.90 Å². The SMILES string of the molecule is CC1CC(C(=O)N(C)CC2CCCC2)(C(N)=NO)C1. The Kier molecular flexibility index (Phi) is 4.02. The van der Waals surface area contributed by atoms with Gasteiger partial charge in [0.1, 0.15) is 5.41 Å². The molecule has 0 spiro atoms. The van der Waals surface area contributed by atoms with Crippen LogP contribution in [-0.2, 0) is 4.79 Å². The summed E-state index contributed by atoms with van der Waals surface area (Å²) >= 11 is 0. The summed E-state index contributed by atoms with van der Waals surface area (Å²) in [6.07, 6.45) is 6.35. The molecule has 0 aromatic rings. The number of rotatable bonds is 4. The predicted molar refractivity (Wildman–Crippen MR) is 73.8 cm³/mol. The molecule has 108 valence electrons. The molecular formula is C14H25N3O2. The lowest BCUT2D eigenvalue weighted by Crippen LogP contribution is -2.57. The van der Waals surface area contributed by atoms with E-state index in [2.05, 4.69) is 12.1 Å². The fourth-order valence-corrected chi connectivity index (χ4v) is 3.75. The molecule has 2 aliphatic rings. The highest BCUT2D eigenvalue weighted by Gasteiger charge is 2.53. The summed E-state index contributed by atoms with van der Waals surface area (Å²) in [5.74, 6) is 1.18. The molecule has 0 unspecified atom stereocenters. The van der Waals surface area contributed by atoms with Crippen molar-refractivity contribution >= 4 is 11.7 Å². The molecule has 3 N–H and O–H groups in total. The smallest absolute Gasteiger partial charge is 0.236 e. The van der Waals surface area contributed by atoms with Crippen molar-refractivity contribution < 1.29 is 10.0 Å². The van der Waals surface area contributed by atoms with Crippen molar-refractivity contribution in [3.63, 3.8) is 0 Å². The van der Waals surface area contributed by atoms with Crippen LogP contribution in [0.3, 0.4) is 0 Å². The summed E-state index contributed by atoms with van der Waals surface area (Å²) in [5.41, 5.74) is 5.03. The van der Waals surface area contributed by atoms with Gasteiger partial charge in [0.15, 0.2) is 5.84 Å². The molecule has 5 nitrogen and oxygen atoms in total. The molecule has 0 radical (unpaired) electrons. The van der Waals surface area contributed by atoms with Crippen LogP contribution < -0.4 is 5.73 Å². The lowest BCUT2D eigenvalue weighted by Gasteiger charge is -2.45. The van der Waals surface area contributed by atoms with E-state index in [9.17, 15) is 4.79 Å². The lowest BCUT2D eigenvalue weighted by atomic mass is 9.61. The summed E-state index contributed by atoms with van der Waals surface area (Å²) in [6, 6.07) is 0. The van der Waals surface area contributed by atoms with Crippen LogP contribution in [0.1, 0.15) is 45.4 Å². The molecule has 0 atom stereocenters. The molecule has 2 saturated carbocycles. The highest BCUT2D eigenvalue weighted by molar-refractivity contribution is 6.07. The topological polar surface area (TPSA) is 78.9 Å². The van der Waals surface area contributed by atoms with E-state index >= 15 is 0 Å². The first-order valence-corrected chi connectivity index (χ1v) is 7.23. The third kappa shape index (κ3) is 2.55. The van der Waals surface area contributed by atoms with E-state index in [0.29, 0.717) is 24.7 Å². The molecule has 0 bridgehead atoms. The van der Waals surface area contributed by atoms with Gasteiger partial charge < -0.3 is 15.8 Å². The van der Waals surface area contributed by atoms with Crippen LogP contribution >= 0.6 is 0 Å². The molecule has 2 aliphatic carbocycles. The fraction of sp³-hybridized carbons (Fsp3) is 0.857. The Balaban J connectivity index is 2.03. The number of hydrogen-bond donors (Lipinski definition) is 2. The Hall–Kier alpha value is -1.26. The molecule has 2 fully saturated rings. The number of nitrogens with zero attached hydrogens (tertiary/aromatic N) is 2. The Labute approximate surface area is 114 Å². The Bertz CT molecular complexity index is 369. The van der Waals surface area contributed by atoms with Crippen LogP contribution in [0.2, 0.25) is 0 Å². The van der Waals surface area contributed by atoms with E-state index in [0.717, 1.165) is 6.54 Å². The largest absolute Gasteiger partial charge is 0.409 e. The van der Waals surface area contributed by atoms with Gasteiger partial charge in [-0.05, 0) is 37.5 Å². The Morgan fingerprint density at radius 3 is 2.47 bits per heavy atom. The van der Waals surface area contributed by atoms with Crippen molar-refractivity contribution in [1.29, 1.82) is 0 Å². The monoisotopic (exact) mass is 267 g/mol. The second-order valence-electron chi connectivity index (χ2n) is 6.42. The van der Waals surface area contributed by atoms with Gasteiger partial charge in [0.2, 0.25) is 5.91 Å². The van der Waals surface area contributed by atoms with E-state index in [4.69, 9.17) is 10.9 Å². The first-order valence-electron chi connectivity index (χ1n) is 7.23. The van der Waals surface area contributed by atoms with Crippen LogP contribution in [0.5, 0.6) is 0 Å². The summed E-state index contributed by atoms with van der Waals surface area (Å²) in [6.45, 7) is 2.89. The van der Waals surface area contributed by atoms with Gasteiger partial charge >= 0.3 is 0 Å². The third-order valence-corrected chi connectivity index (χ3v) is 4.75. The van der Waals surface area contributed by atoms with Gasteiger partial charge in [0, 0.05) is 13.6 Å². The second kappa shape index (κ2) is 5.39. The average Bonchev–Trinajstić information content (AvgIpc) is 2.85. The number of carbonyl (C=O) groups is 1. The Morgan fingerprint density at radius 2 is 2.00 bits per heavy atom. The van der Waals surface area contributed by atoms with Crippen LogP contribution in [0.15, 0.2) is 5.16 Å². The highest BCUT2D eigenvalue weighted by Crippen LogP contribution is 2.47. The maximum absolute atomic E-state index is 12.6. The predicted octanol–water partition coefficient (Wildman–Crippen LogP) is 1.80. The molecule has 5 heteroatoms. The average molecular weight is 267 g/mol. The standard InChI is InChI=1S/C14H25N3O2/c1-10-7-14(8-10,12(15)16-19)13(18)17(2)9-11-5-3-4-6-11/h10-11,19H,3-9H2,1-2H3,(H2,15,16). The molecule has 0 aromatic carbocycles. The molecule has 2 rings (SSSR count). The van der Waals surface area contributed by atoms with E-state index < -0.39 is 5.41 Å². The minimum atomic E-state index is -0.748. The minimum Gasteiger partial charge on any atom is -0.409 e. The number of carbonyl (C=O) groups excluding carboxylic acids is 1. The quantitative estimate of drug-likeness (QED) is 0.353. The first kappa shape index (κ1) is 14.2. The molecular weight excluding hydrogens is 242 g/mol. The van der Waals surface area contributed by atoms with Gasteiger partial charge in [-0.15, -0.1) is 0 Å². The van der Waals surface area contributed by atoms with Crippen LogP contribution in [0.4, 0.5) is 0 Å². The number of hydrogen-bond acceptors (Lipinski definition) is 3. The van der Waals surface area contributed by atoms with Crippen molar-refractivity contribution in [3.8, 4) is 0 Å². The summed E-state index contributed by atoms with van der Waals surface area (Å²) in [5, 5.41) is 12.0. The third-order valence-electron chi connectivity index (χ3n) is 4.75. The van der Waals surface area contributed by atoms with Gasteiger partial charge in [-0.2, -0.15) is 0 Å². The summed E-state index contributed by atoms with van der Waals surface area (Å²) in [4.78, 5) is 14.4. The number of oxime groups is 1. The summed E-state index contributed by atoms with van der Waals surface area (Å²) < 4.78 is 0. The van der Waals surface area contributed by atoms with Crippen molar-refractivity contribution in [2.75, 3.05) is 13.6 Å². The number of amidine groups is 1. The molecule has 0 saturated heterocycles.